The zero-order chi connectivity index (χ0) is 23.4. The topological polar surface area (TPSA) is 85.0 Å². The minimum Gasteiger partial charge on any atom is -0.493 e. The smallest absolute Gasteiger partial charge is 0.259 e. The van der Waals surface area contributed by atoms with E-state index in [4.69, 9.17) is 14.0 Å². The Bertz CT molecular complexity index is 1090. The Kier molecular flexibility index (Phi) is 6.99. The number of aliphatic hydroxyl groups is 1. The minimum absolute atomic E-state index is 0.171. The Hall–Kier alpha value is -3.32. The number of aliphatic hydroxyl groups excluding tert-OH is 1. The van der Waals surface area contributed by atoms with Crippen LogP contribution in [0.25, 0.3) is 11.3 Å². The Morgan fingerprint density at radius 1 is 1.12 bits per heavy atom. The number of carbonyl (C=O) groups is 1. The zero-order valence-corrected chi connectivity index (χ0v) is 19.3. The number of likely N-dealkylation sites (tertiary alicyclic amines) is 1. The third-order valence-corrected chi connectivity index (χ3v) is 6.24. The van der Waals surface area contributed by atoms with Crippen LogP contribution < -0.4 is 9.47 Å². The van der Waals surface area contributed by atoms with Crippen LogP contribution in [0.5, 0.6) is 11.5 Å². The fraction of sp³-hybridized carbons (Fsp3) is 0.385. The van der Waals surface area contributed by atoms with Crippen molar-refractivity contribution in [2.24, 2.45) is 5.92 Å². The molecule has 174 valence electrons. The van der Waals surface area contributed by atoms with Crippen LogP contribution >= 0.6 is 0 Å². The molecule has 3 aromatic rings. The molecule has 0 radical (unpaired) electrons. The Morgan fingerprint density at radius 2 is 1.82 bits per heavy atom. The highest BCUT2D eigenvalue weighted by atomic mass is 16.5. The monoisotopic (exact) mass is 450 g/mol. The SMILES string of the molecule is COc1ccc(-c2noc(C(C)O)c2C(=O)N2CCC(Cc3ccccc3)CC2)cc1OC. The number of carbonyl (C=O) groups excluding carboxylic acids is 1. The van der Waals surface area contributed by atoms with E-state index in [1.54, 1.807) is 39.3 Å². The molecule has 1 amide bonds. The first-order chi connectivity index (χ1) is 16.0. The van der Waals surface area contributed by atoms with Gasteiger partial charge in [0, 0.05) is 18.7 Å². The van der Waals surface area contributed by atoms with Crippen LogP contribution in [0.2, 0.25) is 0 Å². The summed E-state index contributed by atoms with van der Waals surface area (Å²) in [4.78, 5) is 15.4. The highest BCUT2D eigenvalue weighted by Gasteiger charge is 2.32. The lowest BCUT2D eigenvalue weighted by molar-refractivity contribution is 0.0680. The van der Waals surface area contributed by atoms with Gasteiger partial charge in [0.2, 0.25) is 0 Å². The molecule has 0 spiro atoms. The zero-order valence-electron chi connectivity index (χ0n) is 19.3. The third kappa shape index (κ3) is 4.88. The molecule has 0 bridgehead atoms. The maximum absolute atomic E-state index is 13.6. The van der Waals surface area contributed by atoms with E-state index in [0.717, 1.165) is 19.3 Å². The lowest BCUT2D eigenvalue weighted by Crippen LogP contribution is -2.39. The summed E-state index contributed by atoms with van der Waals surface area (Å²) < 4.78 is 16.1. The summed E-state index contributed by atoms with van der Waals surface area (Å²) >= 11 is 0. The van der Waals surface area contributed by atoms with Crippen molar-refractivity contribution in [3.05, 3.63) is 65.4 Å². The van der Waals surface area contributed by atoms with Crippen LogP contribution in [0.4, 0.5) is 0 Å². The molecule has 0 saturated carbocycles. The van der Waals surface area contributed by atoms with Crippen molar-refractivity contribution in [1.29, 1.82) is 0 Å². The van der Waals surface area contributed by atoms with Gasteiger partial charge in [-0.2, -0.15) is 0 Å². The summed E-state index contributed by atoms with van der Waals surface area (Å²) in [5.41, 5.74) is 2.68. The molecule has 7 nitrogen and oxygen atoms in total. The number of hydrogen-bond donors (Lipinski definition) is 1. The molecule has 1 aromatic heterocycles. The predicted octanol–water partition coefficient (Wildman–Crippen LogP) is 4.51. The quantitative estimate of drug-likeness (QED) is 0.570. The number of ether oxygens (including phenoxy) is 2. The second-order valence-electron chi connectivity index (χ2n) is 8.44. The molecular formula is C26H30N2O5. The molecule has 7 heteroatoms. The van der Waals surface area contributed by atoms with Crippen LogP contribution in [0.3, 0.4) is 0 Å². The predicted molar refractivity (Wildman–Crippen MR) is 124 cm³/mol. The highest BCUT2D eigenvalue weighted by Crippen LogP contribution is 2.36. The van der Waals surface area contributed by atoms with Crippen LogP contribution in [-0.4, -0.2) is 48.4 Å². The Morgan fingerprint density at radius 3 is 2.45 bits per heavy atom. The molecule has 2 heterocycles. The number of rotatable bonds is 7. The molecule has 1 N–H and O–H groups in total. The van der Waals surface area contributed by atoms with Crippen molar-refractivity contribution in [2.45, 2.75) is 32.3 Å². The van der Waals surface area contributed by atoms with Crippen molar-refractivity contribution in [3.63, 3.8) is 0 Å². The van der Waals surface area contributed by atoms with Gasteiger partial charge in [-0.1, -0.05) is 35.5 Å². The van der Waals surface area contributed by atoms with Gasteiger partial charge in [-0.05, 0) is 55.9 Å². The highest BCUT2D eigenvalue weighted by molar-refractivity contribution is 6.01. The van der Waals surface area contributed by atoms with E-state index in [1.807, 2.05) is 11.0 Å². The molecular weight excluding hydrogens is 420 g/mol. The number of piperidine rings is 1. The van der Waals surface area contributed by atoms with E-state index in [-0.39, 0.29) is 11.7 Å². The van der Waals surface area contributed by atoms with Crippen LogP contribution in [0.1, 0.15) is 47.6 Å². The second kappa shape index (κ2) is 10.1. The van der Waals surface area contributed by atoms with Gasteiger partial charge >= 0.3 is 0 Å². The molecule has 1 atom stereocenters. The van der Waals surface area contributed by atoms with E-state index in [1.165, 1.54) is 5.56 Å². The second-order valence-corrected chi connectivity index (χ2v) is 8.44. The molecule has 1 fully saturated rings. The van der Waals surface area contributed by atoms with Gasteiger partial charge in [0.15, 0.2) is 17.3 Å². The molecule has 33 heavy (non-hydrogen) atoms. The maximum Gasteiger partial charge on any atom is 0.259 e. The first kappa shape index (κ1) is 22.9. The third-order valence-electron chi connectivity index (χ3n) is 6.24. The van der Waals surface area contributed by atoms with Crippen molar-refractivity contribution >= 4 is 5.91 Å². The standard InChI is InChI=1S/C26H30N2O5/c1-17(29)25-23(24(27-33-25)20-9-10-21(31-2)22(16-20)32-3)26(30)28-13-11-19(12-14-28)15-18-7-5-4-6-8-18/h4-10,16-17,19,29H,11-15H2,1-3H3. The Balaban J connectivity index is 1.56. The van der Waals surface area contributed by atoms with Crippen molar-refractivity contribution < 1.29 is 23.9 Å². The molecule has 1 aliphatic rings. The maximum atomic E-state index is 13.6. The fourth-order valence-corrected chi connectivity index (χ4v) is 4.42. The van der Waals surface area contributed by atoms with Gasteiger partial charge in [0.05, 0.1) is 14.2 Å². The number of nitrogens with zero attached hydrogens (tertiary/aromatic N) is 2. The van der Waals surface area contributed by atoms with Crippen LogP contribution in [0, 0.1) is 5.92 Å². The molecule has 2 aromatic carbocycles. The number of benzene rings is 2. The summed E-state index contributed by atoms with van der Waals surface area (Å²) in [5.74, 6) is 1.65. The fourth-order valence-electron chi connectivity index (χ4n) is 4.42. The number of methoxy groups -OCH3 is 2. The van der Waals surface area contributed by atoms with Crippen molar-refractivity contribution in [1.82, 2.24) is 10.1 Å². The molecule has 1 unspecified atom stereocenters. The normalized spacial score (nSPS) is 15.3. The van der Waals surface area contributed by atoms with E-state index in [0.29, 0.717) is 47.3 Å². The number of aromatic nitrogens is 1. The summed E-state index contributed by atoms with van der Waals surface area (Å²) in [6.45, 7) is 2.89. The number of amides is 1. The van der Waals surface area contributed by atoms with E-state index in [9.17, 15) is 9.90 Å². The van der Waals surface area contributed by atoms with Crippen LogP contribution in [0.15, 0.2) is 53.1 Å². The first-order valence-electron chi connectivity index (χ1n) is 11.2. The summed E-state index contributed by atoms with van der Waals surface area (Å²) in [6, 6.07) is 15.8. The molecule has 4 rings (SSSR count). The van der Waals surface area contributed by atoms with Gasteiger partial charge in [0.1, 0.15) is 17.4 Å². The number of hydrogen-bond acceptors (Lipinski definition) is 6. The summed E-state index contributed by atoms with van der Waals surface area (Å²) in [7, 11) is 3.12. The Labute approximate surface area is 193 Å². The summed E-state index contributed by atoms with van der Waals surface area (Å²) in [6.07, 6.45) is 1.93. The molecule has 1 aliphatic heterocycles. The van der Waals surface area contributed by atoms with Crippen molar-refractivity contribution in [3.8, 4) is 22.8 Å². The molecule has 1 saturated heterocycles. The average molecular weight is 451 g/mol. The van der Waals surface area contributed by atoms with E-state index < -0.39 is 6.10 Å². The van der Waals surface area contributed by atoms with Gasteiger partial charge in [-0.15, -0.1) is 0 Å². The average Bonchev–Trinajstić information content (AvgIpc) is 3.30. The first-order valence-corrected chi connectivity index (χ1v) is 11.2. The summed E-state index contributed by atoms with van der Waals surface area (Å²) in [5, 5.41) is 14.4. The lowest BCUT2D eigenvalue weighted by atomic mass is 9.89. The van der Waals surface area contributed by atoms with Crippen LogP contribution in [-0.2, 0) is 6.42 Å². The molecule has 0 aliphatic carbocycles. The van der Waals surface area contributed by atoms with Gasteiger partial charge < -0.3 is 24.0 Å². The van der Waals surface area contributed by atoms with Gasteiger partial charge in [-0.25, -0.2) is 0 Å². The van der Waals surface area contributed by atoms with Gasteiger partial charge in [-0.3, -0.25) is 4.79 Å². The largest absolute Gasteiger partial charge is 0.493 e. The minimum atomic E-state index is -0.957. The van der Waals surface area contributed by atoms with E-state index in [2.05, 4.69) is 29.4 Å². The lowest BCUT2D eigenvalue weighted by Gasteiger charge is -2.32. The van der Waals surface area contributed by atoms with Gasteiger partial charge in [0.25, 0.3) is 5.91 Å². The van der Waals surface area contributed by atoms with Crippen molar-refractivity contribution in [2.75, 3.05) is 27.3 Å². The van der Waals surface area contributed by atoms with E-state index >= 15 is 0 Å².